The molecule has 1 aromatic carbocycles. The second kappa shape index (κ2) is 9.44. The van der Waals surface area contributed by atoms with Crippen LogP contribution in [0.15, 0.2) is 30.5 Å². The van der Waals surface area contributed by atoms with Crippen LogP contribution in [0.25, 0.3) is 0 Å². The van der Waals surface area contributed by atoms with E-state index in [2.05, 4.69) is 16.5 Å². The summed E-state index contributed by atoms with van der Waals surface area (Å²) in [6.45, 7) is 0.501. The first-order valence-corrected chi connectivity index (χ1v) is 9.65. The van der Waals surface area contributed by atoms with Gasteiger partial charge in [-0.1, -0.05) is 0 Å². The molecule has 0 radical (unpaired) electrons. The Kier molecular flexibility index (Phi) is 6.71. The average molecular weight is 430 g/mol. The van der Waals surface area contributed by atoms with Gasteiger partial charge in [-0.2, -0.15) is 10.4 Å². The number of nitriles is 1. The second-order valence-electron chi connectivity index (χ2n) is 7.20. The number of piperidine rings is 1. The van der Waals surface area contributed by atoms with E-state index in [1.807, 2.05) is 0 Å². The van der Waals surface area contributed by atoms with Gasteiger partial charge in [0.2, 0.25) is 0 Å². The van der Waals surface area contributed by atoms with Gasteiger partial charge < -0.3 is 25.8 Å². The molecule has 10 nitrogen and oxygen atoms in total. The maximum atomic E-state index is 13.2. The van der Waals surface area contributed by atoms with Gasteiger partial charge in [0.25, 0.3) is 5.91 Å². The molecule has 1 aromatic heterocycles. The number of carboxylic acid groups (broad SMARTS) is 1. The van der Waals surface area contributed by atoms with Gasteiger partial charge in [-0.15, -0.1) is 0 Å². The molecular formula is C20H23FN6O4. The van der Waals surface area contributed by atoms with Crippen molar-refractivity contribution in [2.45, 2.75) is 24.9 Å². The Balaban J connectivity index is 1.93. The van der Waals surface area contributed by atoms with Crippen molar-refractivity contribution < 1.29 is 23.8 Å². The zero-order valence-corrected chi connectivity index (χ0v) is 16.9. The number of primary amides is 1. The lowest BCUT2D eigenvalue weighted by molar-refractivity contribution is 0.0495. The molecule has 1 fully saturated rings. The Hall–Kier alpha value is -3.65. The minimum atomic E-state index is -1.10. The van der Waals surface area contributed by atoms with E-state index in [-0.39, 0.29) is 17.9 Å². The number of halogens is 1. The van der Waals surface area contributed by atoms with E-state index in [4.69, 9.17) is 10.5 Å². The molecule has 1 aliphatic rings. The van der Waals surface area contributed by atoms with E-state index in [1.54, 1.807) is 0 Å². The molecule has 11 heteroatoms. The number of carbonyl (C=O) groups excluding carboxylic acids is 1. The summed E-state index contributed by atoms with van der Waals surface area (Å²) in [5, 5.41) is 26.7. The lowest BCUT2D eigenvalue weighted by Crippen LogP contribution is -2.51. The number of nitrogens with two attached hydrogens (primary N) is 1. The molecule has 2 heterocycles. The van der Waals surface area contributed by atoms with Crippen LogP contribution < -0.4 is 11.1 Å². The van der Waals surface area contributed by atoms with E-state index < -0.39 is 35.8 Å². The van der Waals surface area contributed by atoms with Crippen molar-refractivity contribution in [3.63, 3.8) is 0 Å². The van der Waals surface area contributed by atoms with Crippen molar-refractivity contribution >= 4 is 23.5 Å². The first kappa shape index (κ1) is 22.0. The van der Waals surface area contributed by atoms with E-state index in [0.717, 1.165) is 0 Å². The average Bonchev–Trinajstić information content (AvgIpc) is 3.16. The van der Waals surface area contributed by atoms with Crippen LogP contribution in [-0.2, 0) is 4.74 Å². The number of likely N-dealkylation sites (tertiary alicyclic amines) is 1. The number of carbonyl (C=O) groups is 2. The maximum absolute atomic E-state index is 13.2. The number of hydrogen-bond acceptors (Lipinski definition) is 6. The van der Waals surface area contributed by atoms with Gasteiger partial charge in [0, 0.05) is 32.1 Å². The summed E-state index contributed by atoms with van der Waals surface area (Å²) in [5.41, 5.74) is 6.11. The van der Waals surface area contributed by atoms with Crippen LogP contribution in [0.5, 0.6) is 0 Å². The lowest BCUT2D eigenvalue weighted by atomic mass is 9.84. The zero-order chi connectivity index (χ0) is 22.5. The number of rotatable bonds is 7. The quantitative estimate of drug-likeness (QED) is 0.611. The summed E-state index contributed by atoms with van der Waals surface area (Å²) in [6, 6.07) is 6.66. The number of ether oxygens (including phenoxy) is 1. The van der Waals surface area contributed by atoms with Gasteiger partial charge in [0.15, 0.2) is 5.82 Å². The number of aromatic nitrogens is 2. The molecule has 1 saturated heterocycles. The van der Waals surface area contributed by atoms with Crippen molar-refractivity contribution in [1.29, 1.82) is 5.26 Å². The molecule has 3 rings (SSSR count). The third-order valence-electron chi connectivity index (χ3n) is 5.35. The number of anilines is 2. The highest BCUT2D eigenvalue weighted by atomic mass is 19.1. The summed E-state index contributed by atoms with van der Waals surface area (Å²) in [6.07, 6.45) is 1.04. The zero-order valence-electron chi connectivity index (χ0n) is 16.9. The summed E-state index contributed by atoms with van der Waals surface area (Å²) < 4.78 is 19.7. The molecule has 2 aromatic rings. The Labute approximate surface area is 178 Å². The highest BCUT2D eigenvalue weighted by Gasteiger charge is 2.42. The molecule has 31 heavy (non-hydrogen) atoms. The minimum absolute atomic E-state index is 0.107. The van der Waals surface area contributed by atoms with Crippen molar-refractivity contribution in [3.8, 4) is 6.07 Å². The number of hydrogen-bond donors (Lipinski definition) is 3. The van der Waals surface area contributed by atoms with Crippen LogP contribution in [0, 0.1) is 23.1 Å². The largest absolute Gasteiger partial charge is 0.465 e. The minimum Gasteiger partial charge on any atom is -0.465 e. The fourth-order valence-corrected chi connectivity index (χ4v) is 3.85. The van der Waals surface area contributed by atoms with Crippen molar-refractivity contribution in [3.05, 3.63) is 41.8 Å². The standard InChI is InChI=1S/C20H23FN6O4/c1-31-9-7-16-14(10-22)17(6-8-26(16)20(29)30)27-11-15(18(23)28)19(25-27)24-13-4-2-12(21)3-5-13/h2-5,11,14,16-17H,6-9H2,1H3,(H2,23,28)(H,24,25)(H,29,30)/t14-,16?,17-/m1/s1. The fourth-order valence-electron chi connectivity index (χ4n) is 3.85. The topological polar surface area (TPSA) is 146 Å². The molecule has 2 amide bonds. The molecule has 164 valence electrons. The first-order chi connectivity index (χ1) is 14.8. The van der Waals surface area contributed by atoms with E-state index in [1.165, 1.54) is 47.2 Å². The third kappa shape index (κ3) is 4.75. The Morgan fingerprint density at radius 3 is 2.71 bits per heavy atom. The Bertz CT molecular complexity index is 987. The molecule has 4 N–H and O–H groups in total. The van der Waals surface area contributed by atoms with Gasteiger partial charge in [0.1, 0.15) is 11.4 Å². The molecular weight excluding hydrogens is 407 g/mol. The van der Waals surface area contributed by atoms with Crippen LogP contribution in [0.3, 0.4) is 0 Å². The van der Waals surface area contributed by atoms with Crippen molar-refractivity contribution in [2.75, 3.05) is 25.6 Å². The summed E-state index contributed by atoms with van der Waals surface area (Å²) >= 11 is 0. The van der Waals surface area contributed by atoms with Gasteiger partial charge in [-0.25, -0.2) is 9.18 Å². The van der Waals surface area contributed by atoms with Crippen molar-refractivity contribution in [1.82, 2.24) is 14.7 Å². The summed E-state index contributed by atoms with van der Waals surface area (Å²) in [5.74, 6) is -1.66. The van der Waals surface area contributed by atoms with E-state index in [0.29, 0.717) is 25.1 Å². The fraction of sp³-hybridized carbons (Fsp3) is 0.400. The Morgan fingerprint density at radius 2 is 2.13 bits per heavy atom. The molecule has 0 aliphatic carbocycles. The number of benzene rings is 1. The molecule has 0 bridgehead atoms. The molecule has 1 aliphatic heterocycles. The number of methoxy groups -OCH3 is 1. The summed E-state index contributed by atoms with van der Waals surface area (Å²) in [7, 11) is 1.51. The second-order valence-corrected chi connectivity index (χ2v) is 7.20. The number of amides is 2. The number of nitrogens with zero attached hydrogens (tertiary/aromatic N) is 4. The maximum Gasteiger partial charge on any atom is 0.407 e. The van der Waals surface area contributed by atoms with Gasteiger partial charge in [-0.05, 0) is 37.1 Å². The summed E-state index contributed by atoms with van der Waals surface area (Å²) in [4.78, 5) is 24.9. The Morgan fingerprint density at radius 1 is 1.42 bits per heavy atom. The van der Waals surface area contributed by atoms with E-state index >= 15 is 0 Å². The number of nitrogens with one attached hydrogen (secondary N) is 1. The van der Waals surface area contributed by atoms with E-state index in [9.17, 15) is 24.3 Å². The van der Waals surface area contributed by atoms with Crippen LogP contribution >= 0.6 is 0 Å². The van der Waals surface area contributed by atoms with Gasteiger partial charge in [0.05, 0.1) is 24.1 Å². The SMILES string of the molecule is COCCC1[C@@H](C#N)[C@H](n2cc(C(N)=O)c(Nc3ccc(F)cc3)n2)CCN1C(=O)O. The third-order valence-corrected chi connectivity index (χ3v) is 5.35. The van der Waals surface area contributed by atoms with Crippen LogP contribution in [0.2, 0.25) is 0 Å². The lowest BCUT2D eigenvalue weighted by Gasteiger charge is -2.41. The van der Waals surface area contributed by atoms with Crippen LogP contribution in [0.1, 0.15) is 29.2 Å². The van der Waals surface area contributed by atoms with Gasteiger partial charge in [-0.3, -0.25) is 9.48 Å². The van der Waals surface area contributed by atoms with Crippen LogP contribution in [-0.4, -0.2) is 58.1 Å². The first-order valence-electron chi connectivity index (χ1n) is 9.65. The molecule has 0 saturated carbocycles. The molecule has 1 unspecified atom stereocenters. The van der Waals surface area contributed by atoms with Crippen LogP contribution in [0.4, 0.5) is 20.7 Å². The smallest absolute Gasteiger partial charge is 0.407 e. The van der Waals surface area contributed by atoms with Crippen molar-refractivity contribution in [2.24, 2.45) is 11.7 Å². The highest BCUT2D eigenvalue weighted by Crippen LogP contribution is 2.35. The predicted octanol–water partition coefficient (Wildman–Crippen LogP) is 2.33. The molecule has 3 atom stereocenters. The highest BCUT2D eigenvalue weighted by molar-refractivity contribution is 5.98. The van der Waals surface area contributed by atoms with Gasteiger partial charge >= 0.3 is 6.09 Å². The molecule has 0 spiro atoms. The normalized spacial score (nSPS) is 20.8. The monoisotopic (exact) mass is 430 g/mol. The predicted molar refractivity (Wildman–Crippen MR) is 108 cm³/mol.